The summed E-state index contributed by atoms with van der Waals surface area (Å²) in [4.78, 5) is 17.3. The minimum atomic E-state index is -0.408. The van der Waals surface area contributed by atoms with E-state index >= 15 is 0 Å². The summed E-state index contributed by atoms with van der Waals surface area (Å²) in [5, 5.41) is 11.6. The number of nitrogens with zero attached hydrogens (tertiary/aromatic N) is 3. The Morgan fingerprint density at radius 1 is 1.25 bits per heavy atom. The van der Waals surface area contributed by atoms with Crippen molar-refractivity contribution in [3.8, 4) is 0 Å². The number of nitrogens with one attached hydrogen (secondary N) is 2. The Hall–Kier alpha value is -2.70. The van der Waals surface area contributed by atoms with E-state index in [1.807, 2.05) is 53.3 Å². The lowest BCUT2D eigenvalue weighted by Crippen LogP contribution is -2.33. The van der Waals surface area contributed by atoms with Gasteiger partial charge in [-0.1, -0.05) is 29.8 Å². The molecule has 1 aliphatic rings. The van der Waals surface area contributed by atoms with Crippen molar-refractivity contribution in [2.24, 2.45) is 0 Å². The second kappa shape index (κ2) is 8.54. The number of piperidine rings is 1. The molecule has 0 bridgehead atoms. The second-order valence-corrected chi connectivity index (χ2v) is 7.33. The number of carbonyl (C=O) groups is 1. The van der Waals surface area contributed by atoms with Crippen LogP contribution in [0.25, 0.3) is 0 Å². The average Bonchev–Trinajstić information content (AvgIpc) is 3.24. The number of benzene rings is 1. The Labute approximate surface area is 168 Å². The zero-order valence-electron chi connectivity index (χ0n) is 15.4. The maximum atomic E-state index is 12.9. The summed E-state index contributed by atoms with van der Waals surface area (Å²) < 4.78 is 1.89. The standard InChI is InChI=1S/C21H22ClN5O/c22-16-6-3-5-15(13-16)20(18-8-1-2-11-24-18)25-21(28)19-9-12-27(26-19)17-7-4-10-23-14-17/h1-3,5-6,8-9,11-13,17,20,23H,4,7,10,14H2,(H,25,28). The van der Waals surface area contributed by atoms with E-state index in [2.05, 4.69) is 20.7 Å². The van der Waals surface area contributed by atoms with E-state index < -0.39 is 6.04 Å². The molecule has 0 spiro atoms. The van der Waals surface area contributed by atoms with E-state index in [1.165, 1.54) is 0 Å². The largest absolute Gasteiger partial charge is 0.338 e. The van der Waals surface area contributed by atoms with Gasteiger partial charge in [0, 0.05) is 24.0 Å². The van der Waals surface area contributed by atoms with Crippen LogP contribution in [0.4, 0.5) is 0 Å². The lowest BCUT2D eigenvalue weighted by molar-refractivity contribution is 0.0936. The van der Waals surface area contributed by atoms with Crippen LogP contribution in [0.15, 0.2) is 60.9 Å². The summed E-state index contributed by atoms with van der Waals surface area (Å²) in [7, 11) is 0. The van der Waals surface area contributed by atoms with E-state index in [-0.39, 0.29) is 11.9 Å². The monoisotopic (exact) mass is 395 g/mol. The molecule has 144 valence electrons. The van der Waals surface area contributed by atoms with Gasteiger partial charge in [-0.25, -0.2) is 0 Å². The second-order valence-electron chi connectivity index (χ2n) is 6.90. The molecule has 3 heterocycles. The summed E-state index contributed by atoms with van der Waals surface area (Å²) in [6.07, 6.45) is 5.77. The molecule has 1 fully saturated rings. The van der Waals surface area contributed by atoms with Gasteiger partial charge in [0.15, 0.2) is 0 Å². The minimum Gasteiger partial charge on any atom is -0.338 e. The number of carbonyl (C=O) groups excluding carboxylic acids is 1. The van der Waals surface area contributed by atoms with Gasteiger partial charge in [0.05, 0.1) is 17.8 Å². The van der Waals surface area contributed by atoms with Crippen LogP contribution in [0.2, 0.25) is 5.02 Å². The molecule has 2 unspecified atom stereocenters. The Balaban J connectivity index is 1.56. The Bertz CT molecular complexity index is 937. The molecule has 7 heteroatoms. The summed E-state index contributed by atoms with van der Waals surface area (Å²) in [5.74, 6) is -0.238. The number of halogens is 1. The number of amides is 1. The number of hydrogen-bond acceptors (Lipinski definition) is 4. The van der Waals surface area contributed by atoms with Gasteiger partial charge >= 0.3 is 0 Å². The van der Waals surface area contributed by atoms with Crippen LogP contribution < -0.4 is 10.6 Å². The fraction of sp³-hybridized carbons (Fsp3) is 0.286. The summed E-state index contributed by atoms with van der Waals surface area (Å²) >= 11 is 6.16. The highest BCUT2D eigenvalue weighted by atomic mass is 35.5. The van der Waals surface area contributed by atoms with Crippen molar-refractivity contribution in [2.45, 2.75) is 24.9 Å². The maximum absolute atomic E-state index is 12.9. The molecule has 2 atom stereocenters. The minimum absolute atomic E-state index is 0.238. The first-order chi connectivity index (χ1) is 13.7. The van der Waals surface area contributed by atoms with Gasteiger partial charge in [-0.05, 0) is 55.3 Å². The van der Waals surface area contributed by atoms with Crippen LogP contribution in [0.3, 0.4) is 0 Å². The van der Waals surface area contributed by atoms with Crippen molar-refractivity contribution in [3.05, 3.63) is 82.9 Å². The third kappa shape index (κ3) is 4.24. The van der Waals surface area contributed by atoms with Gasteiger partial charge in [0.1, 0.15) is 5.69 Å². The fourth-order valence-electron chi connectivity index (χ4n) is 3.49. The van der Waals surface area contributed by atoms with E-state index in [0.29, 0.717) is 10.7 Å². The topological polar surface area (TPSA) is 71.8 Å². The van der Waals surface area contributed by atoms with Crippen molar-refractivity contribution < 1.29 is 4.79 Å². The molecule has 28 heavy (non-hydrogen) atoms. The summed E-state index contributed by atoms with van der Waals surface area (Å²) in [5.41, 5.74) is 2.01. The van der Waals surface area contributed by atoms with Crippen molar-refractivity contribution >= 4 is 17.5 Å². The molecule has 1 amide bonds. The zero-order chi connectivity index (χ0) is 19.3. The van der Waals surface area contributed by atoms with E-state index in [1.54, 1.807) is 12.3 Å². The first-order valence-corrected chi connectivity index (χ1v) is 9.81. The highest BCUT2D eigenvalue weighted by molar-refractivity contribution is 6.30. The van der Waals surface area contributed by atoms with Crippen LogP contribution in [0.1, 0.15) is 46.7 Å². The van der Waals surface area contributed by atoms with Gasteiger partial charge in [-0.15, -0.1) is 0 Å². The lowest BCUT2D eigenvalue weighted by atomic mass is 10.0. The quantitative estimate of drug-likeness (QED) is 0.694. The molecule has 1 aliphatic heterocycles. The molecule has 1 aromatic carbocycles. The van der Waals surface area contributed by atoms with Crippen LogP contribution in [-0.2, 0) is 0 Å². The smallest absolute Gasteiger partial charge is 0.272 e. The van der Waals surface area contributed by atoms with Crippen LogP contribution >= 0.6 is 11.6 Å². The normalized spacial score (nSPS) is 17.8. The Kier molecular flexibility index (Phi) is 5.69. The highest BCUT2D eigenvalue weighted by Gasteiger charge is 2.22. The molecule has 1 saturated heterocycles. The highest BCUT2D eigenvalue weighted by Crippen LogP contribution is 2.24. The summed E-state index contributed by atoms with van der Waals surface area (Å²) in [6, 6.07) is 14.7. The molecule has 2 aromatic heterocycles. The number of hydrogen-bond donors (Lipinski definition) is 2. The van der Waals surface area contributed by atoms with Gasteiger partial charge < -0.3 is 10.6 Å². The van der Waals surface area contributed by atoms with Gasteiger partial charge in [0.25, 0.3) is 5.91 Å². The molecule has 0 saturated carbocycles. The molecule has 2 N–H and O–H groups in total. The Morgan fingerprint density at radius 3 is 2.93 bits per heavy atom. The van der Waals surface area contributed by atoms with E-state index in [0.717, 1.165) is 37.2 Å². The SMILES string of the molecule is O=C(NC(c1cccc(Cl)c1)c1ccccn1)c1ccn(C2CCCNC2)n1. The molecule has 0 radical (unpaired) electrons. The number of aromatic nitrogens is 3. The van der Waals surface area contributed by atoms with Gasteiger partial charge in [0.2, 0.25) is 0 Å². The molecule has 4 rings (SSSR count). The van der Waals surface area contributed by atoms with E-state index in [4.69, 9.17) is 11.6 Å². The fourth-order valence-corrected chi connectivity index (χ4v) is 3.69. The molecular weight excluding hydrogens is 374 g/mol. The lowest BCUT2D eigenvalue weighted by Gasteiger charge is -2.23. The number of pyridine rings is 1. The Morgan fingerprint density at radius 2 is 2.18 bits per heavy atom. The maximum Gasteiger partial charge on any atom is 0.272 e. The van der Waals surface area contributed by atoms with Crippen LogP contribution in [-0.4, -0.2) is 33.8 Å². The predicted octanol–water partition coefficient (Wildman–Crippen LogP) is 3.38. The molecular formula is C21H22ClN5O. The van der Waals surface area contributed by atoms with Crippen molar-refractivity contribution in [2.75, 3.05) is 13.1 Å². The zero-order valence-corrected chi connectivity index (χ0v) is 16.1. The third-order valence-corrected chi connectivity index (χ3v) is 5.16. The van der Waals surface area contributed by atoms with E-state index in [9.17, 15) is 4.79 Å². The molecule has 0 aliphatic carbocycles. The first kappa shape index (κ1) is 18.7. The predicted molar refractivity (Wildman–Crippen MR) is 108 cm³/mol. The van der Waals surface area contributed by atoms with Crippen LogP contribution in [0.5, 0.6) is 0 Å². The van der Waals surface area contributed by atoms with Gasteiger partial charge in [-0.2, -0.15) is 5.10 Å². The number of rotatable bonds is 5. The van der Waals surface area contributed by atoms with Crippen molar-refractivity contribution in [1.82, 2.24) is 25.4 Å². The third-order valence-electron chi connectivity index (χ3n) is 4.93. The molecule has 6 nitrogen and oxygen atoms in total. The summed E-state index contributed by atoms with van der Waals surface area (Å²) in [6.45, 7) is 1.91. The van der Waals surface area contributed by atoms with Gasteiger partial charge in [-0.3, -0.25) is 14.5 Å². The van der Waals surface area contributed by atoms with Crippen molar-refractivity contribution in [3.63, 3.8) is 0 Å². The van der Waals surface area contributed by atoms with Crippen LogP contribution in [0, 0.1) is 0 Å². The van der Waals surface area contributed by atoms with Crippen molar-refractivity contribution in [1.29, 1.82) is 0 Å². The average molecular weight is 396 g/mol. The first-order valence-electron chi connectivity index (χ1n) is 9.44. The molecule has 3 aromatic rings.